The Balaban J connectivity index is 2.40. The number of carbonyl (C=O) groups is 3. The lowest BCUT2D eigenvalue weighted by molar-refractivity contribution is -0.136. The number of alkyl carbamates (subject to hydrolysis) is 1. The summed E-state index contributed by atoms with van der Waals surface area (Å²) < 4.78 is 5.21. The number of amides is 3. The number of benzene rings is 2. The predicted octanol–water partition coefficient (Wildman–Crippen LogP) is 4.02. The topological polar surface area (TPSA) is 108 Å². The molecule has 0 aliphatic heterocycles. The third-order valence-corrected chi connectivity index (χ3v) is 4.93. The molecule has 0 saturated carbocycles. The zero-order valence-electron chi connectivity index (χ0n) is 20.3. The van der Waals surface area contributed by atoms with Gasteiger partial charge in [-0.15, -0.1) is 0 Å². The molecule has 2 unspecified atom stereocenters. The molecule has 0 fully saturated rings. The smallest absolute Gasteiger partial charge is 0.408 e. The largest absolute Gasteiger partial charge is 0.508 e. The van der Waals surface area contributed by atoms with Crippen LogP contribution in [-0.2, 0) is 14.3 Å². The first kappa shape index (κ1) is 26.3. The third-order valence-electron chi connectivity index (χ3n) is 4.93. The summed E-state index contributed by atoms with van der Waals surface area (Å²) in [4.78, 5) is 39.8. The second-order valence-corrected chi connectivity index (χ2v) is 8.96. The minimum absolute atomic E-state index is 0.0420. The van der Waals surface area contributed by atoms with Crippen LogP contribution in [0, 0.1) is 26.3 Å². The molecule has 0 radical (unpaired) electrons. The van der Waals surface area contributed by atoms with E-state index in [-0.39, 0.29) is 5.75 Å². The van der Waals surface area contributed by atoms with Crippen LogP contribution in [0.3, 0.4) is 0 Å². The summed E-state index contributed by atoms with van der Waals surface area (Å²) in [5.74, 6) is -1.18. The average molecular weight is 466 g/mol. The Morgan fingerprint density at radius 3 is 2.29 bits per heavy atom. The Hall–Kier alpha value is -3.99. The minimum Gasteiger partial charge on any atom is -0.508 e. The number of hydrogen-bond donors (Lipinski definition) is 3. The number of rotatable bonds is 6. The van der Waals surface area contributed by atoms with Gasteiger partial charge in [0.1, 0.15) is 23.4 Å². The standard InChI is InChI=1S/C26H31N3O5/c1-8-29(24(32)18(4)27-25(33)34-26(5,6)7)22(19-13-14-21(30)17(3)15-19)23(31)28-20-12-10-9-11-16(20)2/h1,9-15,18,22,30H,2-7H3,(H,27,33)(H,28,31). The van der Waals surface area contributed by atoms with E-state index in [1.807, 2.05) is 19.1 Å². The van der Waals surface area contributed by atoms with Gasteiger partial charge in [0, 0.05) is 11.7 Å². The van der Waals surface area contributed by atoms with Crippen molar-refractivity contribution in [1.29, 1.82) is 0 Å². The van der Waals surface area contributed by atoms with Gasteiger partial charge in [0.2, 0.25) is 0 Å². The molecule has 8 nitrogen and oxygen atoms in total. The summed E-state index contributed by atoms with van der Waals surface area (Å²) in [6.45, 7) is 10.1. The average Bonchev–Trinajstić information content (AvgIpc) is 2.73. The molecule has 34 heavy (non-hydrogen) atoms. The number of carbonyl (C=O) groups excluding carboxylic acids is 3. The lowest BCUT2D eigenvalue weighted by Gasteiger charge is -2.29. The molecule has 0 bridgehead atoms. The second-order valence-electron chi connectivity index (χ2n) is 8.96. The van der Waals surface area contributed by atoms with Crippen LogP contribution in [0.25, 0.3) is 0 Å². The highest BCUT2D eigenvalue weighted by Gasteiger charge is 2.34. The molecule has 0 aliphatic rings. The Labute approximate surface area is 200 Å². The monoisotopic (exact) mass is 465 g/mol. The first-order valence-corrected chi connectivity index (χ1v) is 10.8. The molecule has 8 heteroatoms. The van der Waals surface area contributed by atoms with Crippen LogP contribution in [0.5, 0.6) is 5.75 Å². The molecular weight excluding hydrogens is 434 g/mol. The van der Waals surface area contributed by atoms with Gasteiger partial charge in [-0.05, 0) is 76.4 Å². The Kier molecular flexibility index (Phi) is 8.31. The number of terminal acetylenes is 1. The van der Waals surface area contributed by atoms with E-state index in [9.17, 15) is 19.5 Å². The van der Waals surface area contributed by atoms with E-state index in [1.54, 1.807) is 45.9 Å². The summed E-state index contributed by atoms with van der Waals surface area (Å²) >= 11 is 0. The summed E-state index contributed by atoms with van der Waals surface area (Å²) in [6, 6.07) is 11.7. The van der Waals surface area contributed by atoms with Gasteiger partial charge < -0.3 is 20.5 Å². The fourth-order valence-electron chi connectivity index (χ4n) is 3.20. The van der Waals surface area contributed by atoms with Crippen LogP contribution in [-0.4, -0.2) is 39.6 Å². The van der Waals surface area contributed by atoms with Crippen molar-refractivity contribution in [3.05, 3.63) is 59.2 Å². The van der Waals surface area contributed by atoms with Crippen LogP contribution in [0.1, 0.15) is 50.4 Å². The van der Waals surface area contributed by atoms with E-state index in [0.29, 0.717) is 16.8 Å². The lowest BCUT2D eigenvalue weighted by Crippen LogP contribution is -2.49. The zero-order valence-corrected chi connectivity index (χ0v) is 20.3. The molecule has 0 heterocycles. The van der Waals surface area contributed by atoms with Gasteiger partial charge in [-0.25, -0.2) is 4.79 Å². The van der Waals surface area contributed by atoms with Gasteiger partial charge in [0.05, 0.1) is 0 Å². The number of nitrogens with one attached hydrogen (secondary N) is 2. The maximum Gasteiger partial charge on any atom is 0.408 e. The number of phenols is 1. The second kappa shape index (κ2) is 10.8. The third kappa shape index (κ3) is 6.75. The zero-order chi connectivity index (χ0) is 25.6. The number of hydrogen-bond acceptors (Lipinski definition) is 5. The van der Waals surface area contributed by atoms with Crippen LogP contribution in [0.2, 0.25) is 0 Å². The van der Waals surface area contributed by atoms with Crippen molar-refractivity contribution in [3.8, 4) is 18.2 Å². The van der Waals surface area contributed by atoms with Gasteiger partial charge in [-0.2, -0.15) is 0 Å². The molecule has 0 saturated heterocycles. The maximum absolute atomic E-state index is 13.4. The SMILES string of the molecule is C#CN(C(=O)C(C)NC(=O)OC(C)(C)C)C(C(=O)Nc1ccccc1C)c1ccc(O)c(C)c1. The van der Waals surface area contributed by atoms with E-state index < -0.39 is 35.6 Å². The van der Waals surface area contributed by atoms with Crippen molar-refractivity contribution in [1.82, 2.24) is 10.2 Å². The molecule has 2 atom stereocenters. The van der Waals surface area contributed by atoms with E-state index in [4.69, 9.17) is 11.2 Å². The van der Waals surface area contributed by atoms with Crippen LogP contribution in [0.15, 0.2) is 42.5 Å². The molecule has 2 aromatic carbocycles. The lowest BCUT2D eigenvalue weighted by atomic mass is 10.0. The molecule has 2 aromatic rings. The molecule has 0 spiro atoms. The number of para-hydroxylation sites is 1. The molecule has 3 N–H and O–H groups in total. The van der Waals surface area contributed by atoms with E-state index in [0.717, 1.165) is 10.5 Å². The summed E-state index contributed by atoms with van der Waals surface area (Å²) in [5.41, 5.74) is 1.55. The summed E-state index contributed by atoms with van der Waals surface area (Å²) in [5, 5.41) is 15.2. The van der Waals surface area contributed by atoms with Crippen molar-refractivity contribution in [2.75, 3.05) is 5.32 Å². The first-order chi connectivity index (χ1) is 15.8. The fourth-order valence-corrected chi connectivity index (χ4v) is 3.20. The molecule has 0 aromatic heterocycles. The number of anilines is 1. The van der Waals surface area contributed by atoms with E-state index in [1.165, 1.54) is 19.1 Å². The number of phenolic OH excluding ortho intramolecular Hbond substituents is 1. The molecule has 0 aliphatic carbocycles. The highest BCUT2D eigenvalue weighted by Crippen LogP contribution is 2.28. The normalized spacial score (nSPS) is 12.6. The first-order valence-electron chi connectivity index (χ1n) is 10.8. The van der Waals surface area contributed by atoms with Crippen molar-refractivity contribution >= 4 is 23.6 Å². The Morgan fingerprint density at radius 2 is 1.74 bits per heavy atom. The van der Waals surface area contributed by atoms with Crippen LogP contribution < -0.4 is 10.6 Å². The van der Waals surface area contributed by atoms with Gasteiger partial charge in [0.15, 0.2) is 0 Å². The van der Waals surface area contributed by atoms with Gasteiger partial charge in [-0.1, -0.05) is 30.7 Å². The van der Waals surface area contributed by atoms with Crippen molar-refractivity contribution in [2.24, 2.45) is 0 Å². The van der Waals surface area contributed by atoms with Crippen molar-refractivity contribution in [3.63, 3.8) is 0 Å². The number of ether oxygens (including phenoxy) is 1. The van der Waals surface area contributed by atoms with Crippen LogP contribution >= 0.6 is 0 Å². The molecule has 2 rings (SSSR count). The molecular formula is C26H31N3O5. The Morgan fingerprint density at radius 1 is 1.09 bits per heavy atom. The summed E-state index contributed by atoms with van der Waals surface area (Å²) in [7, 11) is 0. The maximum atomic E-state index is 13.4. The Bertz CT molecular complexity index is 1110. The van der Waals surface area contributed by atoms with Gasteiger partial charge in [-0.3, -0.25) is 14.5 Å². The highest BCUT2D eigenvalue weighted by atomic mass is 16.6. The van der Waals surface area contributed by atoms with Gasteiger partial charge >= 0.3 is 6.09 Å². The number of aryl methyl sites for hydroxylation is 2. The van der Waals surface area contributed by atoms with E-state index >= 15 is 0 Å². The summed E-state index contributed by atoms with van der Waals surface area (Å²) in [6.07, 6.45) is 4.91. The molecule has 180 valence electrons. The van der Waals surface area contributed by atoms with Crippen molar-refractivity contribution in [2.45, 2.75) is 59.2 Å². The minimum atomic E-state index is -1.22. The quantitative estimate of drug-likeness (QED) is 0.441. The van der Waals surface area contributed by atoms with Crippen LogP contribution in [0.4, 0.5) is 10.5 Å². The van der Waals surface area contributed by atoms with Crippen molar-refractivity contribution < 1.29 is 24.2 Å². The predicted molar refractivity (Wildman–Crippen MR) is 130 cm³/mol. The van der Waals surface area contributed by atoms with Gasteiger partial charge in [0.25, 0.3) is 11.8 Å². The molecule has 3 amide bonds. The number of aromatic hydroxyl groups is 1. The van der Waals surface area contributed by atoms with E-state index in [2.05, 4.69) is 16.7 Å². The fraction of sp³-hybridized carbons (Fsp3) is 0.346. The highest BCUT2D eigenvalue weighted by molar-refractivity contribution is 6.00. The number of nitrogens with zero attached hydrogens (tertiary/aromatic N) is 1.